The molecule has 4 aromatic carbocycles. The number of fused-ring (bicyclic) bond motifs is 1. The fourth-order valence-corrected chi connectivity index (χ4v) is 13.3. The molecule has 3 aliphatic rings. The van der Waals surface area contributed by atoms with Crippen LogP contribution in [0.1, 0.15) is 19.3 Å². The Labute approximate surface area is 199 Å². The van der Waals surface area contributed by atoms with Crippen LogP contribution in [0.3, 0.4) is 0 Å². The van der Waals surface area contributed by atoms with Gasteiger partial charge in [-0.3, -0.25) is 0 Å². The van der Waals surface area contributed by atoms with E-state index in [1.807, 2.05) is 0 Å². The maximum atomic E-state index is 2.38. The highest BCUT2D eigenvalue weighted by atomic mass is 31.1. The van der Waals surface area contributed by atoms with Crippen molar-refractivity contribution in [2.45, 2.75) is 30.6 Å². The molecule has 3 aliphatic carbocycles. The summed E-state index contributed by atoms with van der Waals surface area (Å²) in [6, 6.07) is 45.5. The molecule has 0 aromatic heterocycles. The van der Waals surface area contributed by atoms with Gasteiger partial charge in [0.2, 0.25) is 0 Å². The van der Waals surface area contributed by atoms with E-state index in [0.717, 1.165) is 11.3 Å². The summed E-state index contributed by atoms with van der Waals surface area (Å²) >= 11 is 0. The molecule has 0 nitrogen and oxygen atoms in total. The third-order valence-corrected chi connectivity index (χ3v) is 14.3. The molecule has 0 unspecified atom stereocenters. The zero-order chi connectivity index (χ0) is 21.9. The predicted molar refractivity (Wildman–Crippen MR) is 144 cm³/mol. The van der Waals surface area contributed by atoms with Gasteiger partial charge in [-0.15, -0.1) is 0 Å². The summed E-state index contributed by atoms with van der Waals surface area (Å²) in [5, 5.41) is 6.25. The molecule has 7 rings (SSSR count). The summed E-state index contributed by atoms with van der Waals surface area (Å²) in [5.74, 6) is 0. The van der Waals surface area contributed by atoms with Crippen molar-refractivity contribution >= 4 is 37.1 Å². The first-order valence-electron chi connectivity index (χ1n) is 12.1. The van der Waals surface area contributed by atoms with E-state index in [0.29, 0.717) is 10.8 Å². The quantitative estimate of drug-likeness (QED) is 0.301. The fourth-order valence-electron chi connectivity index (χ4n) is 6.59. The third-order valence-electron chi connectivity index (χ3n) is 8.33. The second kappa shape index (κ2) is 7.63. The van der Waals surface area contributed by atoms with Crippen molar-refractivity contribution < 1.29 is 0 Å². The highest BCUT2D eigenvalue weighted by Crippen LogP contribution is 2.96. The van der Waals surface area contributed by atoms with Crippen molar-refractivity contribution in [1.29, 1.82) is 0 Å². The Bertz CT molecular complexity index is 1080. The van der Waals surface area contributed by atoms with Crippen molar-refractivity contribution in [2.75, 3.05) is 0 Å². The molecule has 2 spiro atoms. The average molecular weight is 463 g/mol. The third kappa shape index (κ3) is 3.19. The van der Waals surface area contributed by atoms with Gasteiger partial charge in [0.1, 0.15) is 0 Å². The van der Waals surface area contributed by atoms with E-state index in [1.165, 1.54) is 19.3 Å². The molecule has 4 aromatic rings. The van der Waals surface area contributed by atoms with Crippen LogP contribution in [0.15, 0.2) is 121 Å². The van der Waals surface area contributed by atoms with E-state index in [9.17, 15) is 0 Å². The molecule has 0 N–H and O–H groups in total. The van der Waals surface area contributed by atoms with E-state index in [1.54, 1.807) is 21.2 Å². The second-order valence-corrected chi connectivity index (χ2v) is 14.8. The second-order valence-electron chi connectivity index (χ2n) is 10.0. The molecule has 0 radical (unpaired) electrons. The first kappa shape index (κ1) is 20.1. The molecule has 0 amide bonds. The Kier molecular flexibility index (Phi) is 4.66. The van der Waals surface area contributed by atoms with Gasteiger partial charge >= 0.3 is 0 Å². The molecule has 3 fully saturated rings. The summed E-state index contributed by atoms with van der Waals surface area (Å²) < 4.78 is 0. The Balaban J connectivity index is 1.21. The molecule has 33 heavy (non-hydrogen) atoms. The van der Waals surface area contributed by atoms with Gasteiger partial charge in [-0.2, -0.15) is 0 Å². The van der Waals surface area contributed by atoms with Crippen LogP contribution in [0.2, 0.25) is 0 Å². The van der Waals surface area contributed by atoms with Gasteiger partial charge in [0.25, 0.3) is 0 Å². The first-order valence-corrected chi connectivity index (χ1v) is 14.9. The van der Waals surface area contributed by atoms with Crippen LogP contribution in [0.5, 0.6) is 0 Å². The maximum absolute atomic E-state index is 2.38. The molecular weight excluding hydrogens is 434 g/mol. The fraction of sp³-hybridized carbons (Fsp3) is 0.226. The van der Waals surface area contributed by atoms with Crippen LogP contribution in [0.25, 0.3) is 0 Å². The highest BCUT2D eigenvalue weighted by molar-refractivity contribution is 7.74. The van der Waals surface area contributed by atoms with Crippen molar-refractivity contribution in [2.24, 2.45) is 10.8 Å². The SMILES string of the molecule is c1ccc(P(c2ccccc2)[C@@H]2C[C@@]23C[C@@]32C[C@H]2P(c2ccccc2)c2ccccc2)cc1. The van der Waals surface area contributed by atoms with Gasteiger partial charge in [-0.1, -0.05) is 121 Å². The Morgan fingerprint density at radius 1 is 0.424 bits per heavy atom. The van der Waals surface area contributed by atoms with Gasteiger partial charge in [-0.05, 0) is 78.5 Å². The molecule has 0 saturated heterocycles. The molecule has 162 valence electrons. The topological polar surface area (TPSA) is 0 Å². The molecule has 3 saturated carbocycles. The van der Waals surface area contributed by atoms with E-state index >= 15 is 0 Å². The summed E-state index contributed by atoms with van der Waals surface area (Å²) in [5.41, 5.74) is 2.93. The minimum Gasteiger partial charge on any atom is -0.0622 e. The lowest BCUT2D eigenvalue weighted by atomic mass is 10.3. The first-order chi connectivity index (χ1) is 16.3. The Hall–Kier alpha value is -2.26. The Morgan fingerprint density at radius 3 is 0.970 bits per heavy atom. The van der Waals surface area contributed by atoms with Crippen LogP contribution in [-0.4, -0.2) is 11.3 Å². The molecule has 2 heteroatoms. The van der Waals surface area contributed by atoms with Crippen molar-refractivity contribution in [3.05, 3.63) is 121 Å². The standard InChI is InChI=1S/C31H28P2/c1-5-13-24(14-6-1)32(25-15-7-2-8-16-25)28-21-30(28)23-31(30)22-29(31)33(26-17-9-3-10-18-26)27-19-11-4-12-20-27/h1-20,28-29H,21-23H2/t28-,29-,30-,31-/m1/s1. The molecule has 0 heterocycles. The minimum atomic E-state index is -0.282. The summed E-state index contributed by atoms with van der Waals surface area (Å²) in [6.07, 6.45) is 4.34. The minimum absolute atomic E-state index is 0.282. The lowest BCUT2D eigenvalue weighted by Crippen LogP contribution is -2.17. The normalized spacial score (nSPS) is 29.0. The van der Waals surface area contributed by atoms with Crippen molar-refractivity contribution in [3.8, 4) is 0 Å². The number of hydrogen-bond donors (Lipinski definition) is 0. The van der Waals surface area contributed by atoms with Gasteiger partial charge in [0.05, 0.1) is 0 Å². The van der Waals surface area contributed by atoms with Crippen molar-refractivity contribution in [1.82, 2.24) is 0 Å². The van der Waals surface area contributed by atoms with Crippen molar-refractivity contribution in [3.63, 3.8) is 0 Å². The number of rotatable bonds is 6. The smallest absolute Gasteiger partial charge is 0.00605 e. The molecule has 4 atom stereocenters. The molecule has 0 bridgehead atoms. The number of hydrogen-bond acceptors (Lipinski definition) is 0. The maximum Gasteiger partial charge on any atom is -0.00605 e. The van der Waals surface area contributed by atoms with E-state index in [2.05, 4.69) is 121 Å². The zero-order valence-corrected chi connectivity index (χ0v) is 20.5. The lowest BCUT2D eigenvalue weighted by Gasteiger charge is -2.20. The van der Waals surface area contributed by atoms with Crippen LogP contribution in [0, 0.1) is 10.8 Å². The van der Waals surface area contributed by atoms with Crippen LogP contribution < -0.4 is 21.2 Å². The highest BCUT2D eigenvalue weighted by Gasteiger charge is 2.89. The van der Waals surface area contributed by atoms with Gasteiger partial charge in [0.15, 0.2) is 0 Å². The lowest BCUT2D eigenvalue weighted by molar-refractivity contribution is 0.721. The van der Waals surface area contributed by atoms with Crippen LogP contribution in [-0.2, 0) is 0 Å². The van der Waals surface area contributed by atoms with Gasteiger partial charge in [0, 0.05) is 0 Å². The molecule has 0 aliphatic heterocycles. The largest absolute Gasteiger partial charge is 0.0622 e. The van der Waals surface area contributed by atoms with Crippen LogP contribution >= 0.6 is 15.8 Å². The van der Waals surface area contributed by atoms with E-state index in [-0.39, 0.29) is 15.8 Å². The monoisotopic (exact) mass is 462 g/mol. The van der Waals surface area contributed by atoms with E-state index < -0.39 is 0 Å². The predicted octanol–water partition coefficient (Wildman–Crippen LogP) is 6.17. The van der Waals surface area contributed by atoms with E-state index in [4.69, 9.17) is 0 Å². The summed E-state index contributed by atoms with van der Waals surface area (Å²) in [4.78, 5) is 0. The summed E-state index contributed by atoms with van der Waals surface area (Å²) in [7, 11) is -0.565. The van der Waals surface area contributed by atoms with Gasteiger partial charge in [-0.25, -0.2) is 0 Å². The zero-order valence-electron chi connectivity index (χ0n) is 18.7. The Morgan fingerprint density at radius 2 is 0.697 bits per heavy atom. The van der Waals surface area contributed by atoms with Gasteiger partial charge < -0.3 is 0 Å². The summed E-state index contributed by atoms with van der Waals surface area (Å²) in [6.45, 7) is 0. The van der Waals surface area contributed by atoms with Crippen LogP contribution in [0.4, 0.5) is 0 Å². The average Bonchev–Trinajstić information content (AvgIpc) is 3.84. The number of benzene rings is 4. The molecular formula is C31H28P2.